The van der Waals surface area contributed by atoms with E-state index < -0.39 is 0 Å². The van der Waals surface area contributed by atoms with E-state index in [0.717, 1.165) is 32.6 Å². The van der Waals surface area contributed by atoms with Crippen molar-refractivity contribution in [2.45, 2.75) is 66.2 Å². The zero-order chi connectivity index (χ0) is 20.1. The molecule has 0 unspecified atom stereocenters. The van der Waals surface area contributed by atoms with Crippen LogP contribution in [-0.2, 0) is 0 Å². The van der Waals surface area contributed by atoms with Crippen LogP contribution in [0.5, 0.6) is 0 Å². The van der Waals surface area contributed by atoms with Gasteiger partial charge in [0.2, 0.25) is 0 Å². The van der Waals surface area contributed by atoms with E-state index in [1.807, 2.05) is 7.05 Å². The van der Waals surface area contributed by atoms with Gasteiger partial charge in [-0.15, -0.1) is 0 Å². The molecule has 3 nitrogen and oxygen atoms in total. The molecule has 0 saturated carbocycles. The van der Waals surface area contributed by atoms with E-state index in [9.17, 15) is 0 Å². The van der Waals surface area contributed by atoms with Crippen LogP contribution in [0.4, 0.5) is 0 Å². The topological polar surface area (TPSA) is 41.6 Å². The third kappa shape index (κ3) is 9.34. The monoisotopic (exact) mass is 371 g/mol. The second-order valence-electron chi connectivity index (χ2n) is 7.62. The fraction of sp³-hybridized carbons (Fsp3) is 0.625. The number of nitrogens with two attached hydrogens (primary N) is 1. The van der Waals surface area contributed by atoms with Crippen LogP contribution in [0.3, 0.4) is 0 Å². The van der Waals surface area contributed by atoms with Crippen molar-refractivity contribution in [2.75, 3.05) is 33.2 Å². The molecule has 0 bridgehead atoms. The molecule has 0 aromatic heterocycles. The van der Waals surface area contributed by atoms with Crippen molar-refractivity contribution in [3.63, 3.8) is 0 Å². The summed E-state index contributed by atoms with van der Waals surface area (Å²) in [6.45, 7) is 12.7. The first kappa shape index (κ1) is 23.6. The minimum absolute atomic E-state index is 0.757. The fourth-order valence-corrected chi connectivity index (χ4v) is 3.56. The van der Waals surface area contributed by atoms with Crippen LogP contribution in [0.1, 0.15) is 63.5 Å². The van der Waals surface area contributed by atoms with Gasteiger partial charge in [0, 0.05) is 25.8 Å². The molecule has 2 N–H and O–H groups in total. The molecule has 152 valence electrons. The van der Waals surface area contributed by atoms with E-state index in [1.165, 1.54) is 48.9 Å². The molecule has 27 heavy (non-hydrogen) atoms. The van der Waals surface area contributed by atoms with E-state index in [1.54, 1.807) is 11.1 Å². The summed E-state index contributed by atoms with van der Waals surface area (Å²) in [4.78, 5) is 6.97. The number of allylic oxidation sites excluding steroid dienone is 2. The average molecular weight is 372 g/mol. The molecule has 0 aliphatic heterocycles. The van der Waals surface area contributed by atoms with E-state index in [-0.39, 0.29) is 0 Å². The van der Waals surface area contributed by atoms with Gasteiger partial charge >= 0.3 is 0 Å². The Bertz CT molecular complexity index is 563. The van der Waals surface area contributed by atoms with Crippen LogP contribution in [-0.4, -0.2) is 43.8 Å². The Kier molecular flexibility index (Phi) is 12.0. The molecule has 1 aliphatic carbocycles. The van der Waals surface area contributed by atoms with Gasteiger partial charge in [0.1, 0.15) is 0 Å². The lowest BCUT2D eigenvalue weighted by atomic mass is 9.88. The summed E-state index contributed by atoms with van der Waals surface area (Å²) in [7, 11) is 1.95. The summed E-state index contributed by atoms with van der Waals surface area (Å²) in [5, 5.41) is 0. The van der Waals surface area contributed by atoms with Crippen molar-refractivity contribution in [3.8, 4) is 0 Å². The summed E-state index contributed by atoms with van der Waals surface area (Å²) in [6, 6.07) is 8.48. The highest BCUT2D eigenvalue weighted by Crippen LogP contribution is 2.26. The molecule has 1 aromatic carbocycles. The van der Waals surface area contributed by atoms with Gasteiger partial charge in [-0.1, -0.05) is 47.9 Å². The van der Waals surface area contributed by atoms with Crippen molar-refractivity contribution < 1.29 is 0 Å². The largest absolute Gasteiger partial charge is 0.329 e. The first-order valence-corrected chi connectivity index (χ1v) is 10.6. The lowest BCUT2D eigenvalue weighted by molar-refractivity contribution is 0.294. The average Bonchev–Trinajstić information content (AvgIpc) is 2.68. The van der Waals surface area contributed by atoms with Gasteiger partial charge in [0.15, 0.2) is 0 Å². The van der Waals surface area contributed by atoms with Gasteiger partial charge in [-0.05, 0) is 78.0 Å². The molecular formula is C24H41N3. The number of likely N-dealkylation sites (N-methyl/N-ethyl adjacent to an activating group) is 1. The Balaban J connectivity index is 0.000000377. The van der Waals surface area contributed by atoms with E-state index in [2.05, 4.69) is 61.9 Å². The maximum atomic E-state index is 5.62. The standard InChI is InChI=1S/C16H31N3.C8H10/c1-4-19(13-11-17)12-7-10-16(18-3)15-9-6-5-8-14(15)2;1-7-3-5-8(2)6-4-7/h4-13,17H2,1-3H3;3-6H,1-2H3. The Labute approximate surface area is 167 Å². The molecule has 0 radical (unpaired) electrons. The van der Waals surface area contributed by atoms with Crippen LogP contribution >= 0.6 is 0 Å². The highest BCUT2D eigenvalue weighted by Gasteiger charge is 2.14. The second kappa shape index (κ2) is 13.7. The molecule has 3 heteroatoms. The molecule has 1 aromatic rings. The van der Waals surface area contributed by atoms with Gasteiger partial charge in [0.05, 0.1) is 0 Å². The van der Waals surface area contributed by atoms with Crippen LogP contribution in [0.2, 0.25) is 0 Å². The minimum atomic E-state index is 0.757. The minimum Gasteiger partial charge on any atom is -0.329 e. The normalized spacial score (nSPS) is 15.0. The fourth-order valence-electron chi connectivity index (χ4n) is 3.56. The van der Waals surface area contributed by atoms with Gasteiger partial charge in [-0.2, -0.15) is 0 Å². The first-order chi connectivity index (χ1) is 13.0. The van der Waals surface area contributed by atoms with Crippen molar-refractivity contribution in [1.29, 1.82) is 0 Å². The maximum absolute atomic E-state index is 5.62. The lowest BCUT2D eigenvalue weighted by Gasteiger charge is -2.22. The zero-order valence-electron chi connectivity index (χ0n) is 18.4. The highest BCUT2D eigenvalue weighted by molar-refractivity contribution is 6.00. The van der Waals surface area contributed by atoms with E-state index >= 15 is 0 Å². The van der Waals surface area contributed by atoms with Crippen LogP contribution < -0.4 is 5.73 Å². The summed E-state index contributed by atoms with van der Waals surface area (Å²) >= 11 is 0. The summed E-state index contributed by atoms with van der Waals surface area (Å²) in [6.07, 6.45) is 7.50. The molecule has 0 atom stereocenters. The zero-order valence-corrected chi connectivity index (χ0v) is 18.4. The number of aliphatic imine (C=N–C) groups is 1. The van der Waals surface area contributed by atoms with Gasteiger partial charge in [-0.25, -0.2) is 0 Å². The van der Waals surface area contributed by atoms with Crippen LogP contribution in [0.15, 0.2) is 40.4 Å². The lowest BCUT2D eigenvalue weighted by Crippen LogP contribution is -2.30. The van der Waals surface area contributed by atoms with Gasteiger partial charge in [-0.3, -0.25) is 4.99 Å². The number of hydrogen-bond donors (Lipinski definition) is 1. The molecule has 0 saturated heterocycles. The summed E-state index contributed by atoms with van der Waals surface area (Å²) in [5.74, 6) is 0. The van der Waals surface area contributed by atoms with Crippen molar-refractivity contribution in [3.05, 3.63) is 46.5 Å². The van der Waals surface area contributed by atoms with Crippen LogP contribution in [0.25, 0.3) is 0 Å². The Morgan fingerprint density at radius 3 is 2.07 bits per heavy atom. The van der Waals surface area contributed by atoms with Gasteiger partial charge in [0.25, 0.3) is 0 Å². The third-order valence-corrected chi connectivity index (χ3v) is 5.36. The Hall–Kier alpha value is -1.45. The predicted octanol–water partition coefficient (Wildman–Crippen LogP) is 5.31. The maximum Gasteiger partial charge on any atom is 0.0376 e. The second-order valence-corrected chi connectivity index (χ2v) is 7.62. The highest BCUT2D eigenvalue weighted by atomic mass is 15.1. The third-order valence-electron chi connectivity index (χ3n) is 5.36. The SMILES string of the molecule is CCN(CCN)CCCC(=NC)C1=C(C)CCCC1.Cc1ccc(C)cc1. The molecular weight excluding hydrogens is 330 g/mol. The molecule has 0 amide bonds. The summed E-state index contributed by atoms with van der Waals surface area (Å²) < 4.78 is 0. The quantitative estimate of drug-likeness (QED) is 0.629. The smallest absolute Gasteiger partial charge is 0.0376 e. The number of nitrogens with zero attached hydrogens (tertiary/aromatic N) is 2. The van der Waals surface area contributed by atoms with E-state index in [4.69, 9.17) is 5.73 Å². The van der Waals surface area contributed by atoms with Crippen molar-refractivity contribution >= 4 is 5.71 Å². The molecule has 2 rings (SSSR count). The number of aryl methyl sites for hydroxylation is 2. The van der Waals surface area contributed by atoms with Crippen LogP contribution in [0, 0.1) is 13.8 Å². The molecule has 1 aliphatic rings. The van der Waals surface area contributed by atoms with Crippen molar-refractivity contribution in [2.24, 2.45) is 10.7 Å². The first-order valence-electron chi connectivity index (χ1n) is 10.6. The molecule has 0 heterocycles. The van der Waals surface area contributed by atoms with Crippen molar-refractivity contribution in [1.82, 2.24) is 4.90 Å². The Morgan fingerprint density at radius 1 is 1.00 bits per heavy atom. The predicted molar refractivity (Wildman–Crippen MR) is 121 cm³/mol. The molecule has 0 fully saturated rings. The number of hydrogen-bond acceptors (Lipinski definition) is 3. The van der Waals surface area contributed by atoms with Gasteiger partial charge < -0.3 is 10.6 Å². The van der Waals surface area contributed by atoms with E-state index in [0.29, 0.717) is 0 Å². The molecule has 0 spiro atoms. The number of rotatable bonds is 8. The number of benzene rings is 1. The Morgan fingerprint density at radius 2 is 1.59 bits per heavy atom. The summed E-state index contributed by atoms with van der Waals surface area (Å²) in [5.41, 5.74) is 12.8.